The molecule has 2 heterocycles. The van der Waals surface area contributed by atoms with Crippen LogP contribution in [0.4, 0.5) is 5.69 Å². The Hall–Kier alpha value is -2.58. The molecule has 27 heavy (non-hydrogen) atoms. The number of methoxy groups -OCH3 is 1. The van der Waals surface area contributed by atoms with Crippen molar-refractivity contribution in [3.8, 4) is 5.75 Å². The number of amides is 1. The van der Waals surface area contributed by atoms with Gasteiger partial charge in [-0.2, -0.15) is 0 Å². The zero-order chi connectivity index (χ0) is 19.4. The van der Waals surface area contributed by atoms with E-state index in [1.807, 2.05) is 0 Å². The molecule has 8 heteroatoms. The summed E-state index contributed by atoms with van der Waals surface area (Å²) >= 11 is 0. The van der Waals surface area contributed by atoms with Gasteiger partial charge in [-0.1, -0.05) is 0 Å². The van der Waals surface area contributed by atoms with E-state index in [9.17, 15) is 9.59 Å². The zero-order valence-corrected chi connectivity index (χ0v) is 16.0. The number of furan rings is 1. The number of ether oxygens (including phenoxy) is 2. The van der Waals surface area contributed by atoms with E-state index >= 15 is 0 Å². The Morgan fingerprint density at radius 1 is 1.22 bits per heavy atom. The first kappa shape index (κ1) is 19.2. The monoisotopic (exact) mass is 377 g/mol. The maximum Gasteiger partial charge on any atom is 0.376 e. The minimum Gasteiger partial charge on any atom is -0.497 e. The van der Waals surface area contributed by atoms with Gasteiger partial charge in [0.25, 0.3) is 5.91 Å². The number of benzene rings is 1. The minimum atomic E-state index is -0.599. The summed E-state index contributed by atoms with van der Waals surface area (Å²) in [5.74, 6) is -0.132. The molecule has 0 bridgehead atoms. The van der Waals surface area contributed by atoms with Gasteiger partial charge in [0.05, 0.1) is 20.8 Å². The van der Waals surface area contributed by atoms with Crippen molar-refractivity contribution >= 4 is 28.5 Å². The van der Waals surface area contributed by atoms with Gasteiger partial charge < -0.3 is 29.0 Å². The van der Waals surface area contributed by atoms with Gasteiger partial charge in [-0.05, 0) is 25.1 Å². The first-order chi connectivity index (χ1) is 13.0. The lowest BCUT2D eigenvalue weighted by molar-refractivity contribution is -0.999. The fraction of sp³-hybridized carbons (Fsp3) is 0.474. The summed E-state index contributed by atoms with van der Waals surface area (Å²) in [6.07, 6.45) is 0. The molecule has 0 unspecified atom stereocenters. The Morgan fingerprint density at radius 3 is 2.63 bits per heavy atom. The van der Waals surface area contributed by atoms with Gasteiger partial charge in [-0.3, -0.25) is 4.79 Å². The molecule has 0 spiro atoms. The number of piperazine rings is 1. The van der Waals surface area contributed by atoms with Crippen LogP contribution < -0.4 is 19.9 Å². The topological polar surface area (TPSA) is 86.7 Å². The number of carbonyl (C=O) groups is 2. The van der Waals surface area contributed by atoms with E-state index in [4.69, 9.17) is 13.9 Å². The van der Waals surface area contributed by atoms with E-state index in [0.29, 0.717) is 29.0 Å². The minimum absolute atomic E-state index is 0.00581. The third-order valence-electron chi connectivity index (χ3n) is 4.84. The molecular weight excluding hydrogens is 350 g/mol. The van der Waals surface area contributed by atoms with Crippen molar-refractivity contribution in [2.45, 2.75) is 6.92 Å². The second-order valence-electron chi connectivity index (χ2n) is 6.82. The Bertz CT molecular complexity index is 824. The van der Waals surface area contributed by atoms with Crippen LogP contribution in [-0.4, -0.2) is 65.4 Å². The Kier molecular flexibility index (Phi) is 5.98. The van der Waals surface area contributed by atoms with Crippen LogP contribution in [0.1, 0.15) is 17.5 Å². The summed E-state index contributed by atoms with van der Waals surface area (Å²) in [7, 11) is 3.72. The summed E-state index contributed by atoms with van der Waals surface area (Å²) in [4.78, 5) is 27.6. The lowest BCUT2D eigenvalue weighted by atomic mass is 10.2. The van der Waals surface area contributed by atoms with Crippen LogP contribution in [0.25, 0.3) is 11.0 Å². The van der Waals surface area contributed by atoms with Crippen LogP contribution in [0.5, 0.6) is 5.75 Å². The molecule has 1 amide bonds. The molecule has 1 aromatic heterocycles. The van der Waals surface area contributed by atoms with Gasteiger partial charge in [0.15, 0.2) is 6.54 Å². The molecular formula is C19H27N3O5+2. The summed E-state index contributed by atoms with van der Waals surface area (Å²) < 4.78 is 16.0. The maximum atomic E-state index is 12.6. The molecule has 1 fully saturated rings. The number of hydrogen-bond donors (Lipinski definition) is 3. The van der Waals surface area contributed by atoms with Crippen LogP contribution in [0, 0.1) is 0 Å². The third kappa shape index (κ3) is 4.40. The summed E-state index contributed by atoms with van der Waals surface area (Å²) in [5, 5.41) is 3.48. The molecule has 1 aliphatic rings. The predicted molar refractivity (Wildman–Crippen MR) is 99.5 cm³/mol. The lowest BCUT2D eigenvalue weighted by Crippen LogP contribution is -3.27. The van der Waals surface area contributed by atoms with Crippen molar-refractivity contribution in [3.05, 3.63) is 24.0 Å². The number of nitrogens with one attached hydrogen (secondary N) is 3. The van der Waals surface area contributed by atoms with E-state index in [2.05, 4.69) is 12.4 Å². The highest BCUT2D eigenvalue weighted by molar-refractivity contribution is 6.09. The summed E-state index contributed by atoms with van der Waals surface area (Å²) in [5.41, 5.74) is 0.830. The number of quaternary nitrogens is 2. The molecule has 1 aromatic carbocycles. The highest BCUT2D eigenvalue weighted by Crippen LogP contribution is 2.34. The van der Waals surface area contributed by atoms with Gasteiger partial charge in [0.1, 0.15) is 43.2 Å². The van der Waals surface area contributed by atoms with Crippen molar-refractivity contribution in [1.82, 2.24) is 0 Å². The number of carbonyl (C=O) groups excluding carboxylic acids is 2. The normalized spacial score (nSPS) is 19.7. The predicted octanol–water partition coefficient (Wildman–Crippen LogP) is -1.03. The first-order valence-corrected chi connectivity index (χ1v) is 9.24. The number of anilines is 1. The van der Waals surface area contributed by atoms with Crippen LogP contribution in [-0.2, 0) is 9.53 Å². The molecule has 0 saturated carbocycles. The molecule has 146 valence electrons. The summed E-state index contributed by atoms with van der Waals surface area (Å²) in [6.45, 7) is 6.28. The number of hydrogen-bond acceptors (Lipinski definition) is 5. The quantitative estimate of drug-likeness (QED) is 0.561. The molecule has 1 aliphatic heterocycles. The first-order valence-electron chi connectivity index (χ1n) is 9.24. The van der Waals surface area contributed by atoms with Crippen molar-refractivity contribution in [2.24, 2.45) is 0 Å². The molecule has 3 N–H and O–H groups in total. The number of fused-ring (bicyclic) bond motifs is 1. The molecule has 8 nitrogen and oxygen atoms in total. The van der Waals surface area contributed by atoms with Crippen molar-refractivity contribution in [1.29, 1.82) is 0 Å². The Labute approximate surface area is 158 Å². The number of esters is 1. The highest BCUT2D eigenvalue weighted by atomic mass is 16.5. The number of rotatable bonds is 6. The molecule has 0 aliphatic carbocycles. The smallest absolute Gasteiger partial charge is 0.376 e. The standard InChI is InChI=1S/C19H25N3O5/c1-4-26-19(24)18-17(14-11-13(25-3)5-6-15(14)27-18)20-16(23)12-22-9-7-21(2)8-10-22/h5-6,11H,4,7-10,12H2,1-3H3,(H,20,23)/p+2. The fourth-order valence-corrected chi connectivity index (χ4v) is 3.29. The molecule has 0 atom stereocenters. The SMILES string of the molecule is CCOC(=O)c1oc2ccc(OC)cc2c1NC(=O)C[NH+]1CC[NH+](C)CC1. The van der Waals surface area contributed by atoms with Crippen LogP contribution >= 0.6 is 0 Å². The average molecular weight is 377 g/mol. The van der Waals surface area contributed by atoms with Crippen molar-refractivity contribution in [3.63, 3.8) is 0 Å². The van der Waals surface area contributed by atoms with Crippen LogP contribution in [0.2, 0.25) is 0 Å². The molecule has 2 aromatic rings. The molecule has 0 radical (unpaired) electrons. The van der Waals surface area contributed by atoms with Gasteiger partial charge in [-0.25, -0.2) is 4.79 Å². The third-order valence-corrected chi connectivity index (χ3v) is 4.84. The molecule has 1 saturated heterocycles. The van der Waals surface area contributed by atoms with Crippen molar-refractivity contribution < 1.29 is 33.3 Å². The van der Waals surface area contributed by atoms with Crippen LogP contribution in [0.3, 0.4) is 0 Å². The van der Waals surface area contributed by atoms with Gasteiger partial charge >= 0.3 is 5.97 Å². The second-order valence-corrected chi connectivity index (χ2v) is 6.82. The largest absolute Gasteiger partial charge is 0.497 e. The van der Waals surface area contributed by atoms with E-state index in [0.717, 1.165) is 26.2 Å². The highest BCUT2D eigenvalue weighted by Gasteiger charge is 2.27. The Morgan fingerprint density at radius 2 is 1.96 bits per heavy atom. The van der Waals surface area contributed by atoms with Gasteiger partial charge in [0, 0.05) is 5.39 Å². The summed E-state index contributed by atoms with van der Waals surface area (Å²) in [6, 6.07) is 5.19. The Balaban J connectivity index is 1.84. The van der Waals surface area contributed by atoms with E-state index in [1.165, 1.54) is 9.80 Å². The van der Waals surface area contributed by atoms with Gasteiger partial charge in [-0.15, -0.1) is 0 Å². The van der Waals surface area contributed by atoms with E-state index in [1.54, 1.807) is 32.2 Å². The van der Waals surface area contributed by atoms with Gasteiger partial charge in [0.2, 0.25) is 5.76 Å². The maximum absolute atomic E-state index is 12.6. The second kappa shape index (κ2) is 8.41. The molecule has 3 rings (SSSR count). The van der Waals surface area contributed by atoms with E-state index < -0.39 is 5.97 Å². The number of likely N-dealkylation sites (N-methyl/N-ethyl adjacent to an activating group) is 1. The lowest BCUT2D eigenvalue weighted by Gasteiger charge is -2.26. The average Bonchev–Trinajstić information content (AvgIpc) is 3.01. The van der Waals surface area contributed by atoms with Crippen LogP contribution in [0.15, 0.2) is 22.6 Å². The zero-order valence-electron chi connectivity index (χ0n) is 16.0. The van der Waals surface area contributed by atoms with E-state index in [-0.39, 0.29) is 18.3 Å². The fourth-order valence-electron chi connectivity index (χ4n) is 3.29. The van der Waals surface area contributed by atoms with Crippen molar-refractivity contribution in [2.75, 3.05) is 58.8 Å².